The molecule has 0 saturated carbocycles. The number of rotatable bonds is 4. The lowest BCUT2D eigenvalue weighted by atomic mass is 9.93. The molecule has 0 radical (unpaired) electrons. The molecule has 2 heterocycles. The van der Waals surface area contributed by atoms with Gasteiger partial charge in [-0.1, -0.05) is 26.8 Å². The van der Waals surface area contributed by atoms with Gasteiger partial charge in [-0.15, -0.1) is 22.7 Å². The Labute approximate surface area is 131 Å². The van der Waals surface area contributed by atoms with E-state index in [1.54, 1.807) is 12.1 Å². The van der Waals surface area contributed by atoms with Crippen molar-refractivity contribution in [3.8, 4) is 0 Å². The van der Waals surface area contributed by atoms with Crippen molar-refractivity contribution in [2.45, 2.75) is 26.2 Å². The van der Waals surface area contributed by atoms with Gasteiger partial charge in [0.15, 0.2) is 5.13 Å². The van der Waals surface area contributed by atoms with Crippen LogP contribution in [-0.4, -0.2) is 23.3 Å². The molecule has 0 unspecified atom stereocenters. The highest BCUT2D eigenvalue weighted by Crippen LogP contribution is 2.26. The zero-order valence-corrected chi connectivity index (χ0v) is 13.7. The van der Waals surface area contributed by atoms with Crippen LogP contribution in [0.15, 0.2) is 22.9 Å². The lowest BCUT2D eigenvalue weighted by Crippen LogP contribution is -2.32. The first kappa shape index (κ1) is 15.7. The first-order valence-electron chi connectivity index (χ1n) is 6.44. The Morgan fingerprint density at radius 3 is 2.62 bits per heavy atom. The van der Waals surface area contributed by atoms with Crippen LogP contribution in [0.3, 0.4) is 0 Å². The lowest BCUT2D eigenvalue weighted by molar-refractivity contribution is -0.115. The summed E-state index contributed by atoms with van der Waals surface area (Å²) in [5.74, 6) is -0.524. The van der Waals surface area contributed by atoms with E-state index in [1.807, 2.05) is 10.8 Å². The number of carbonyl (C=O) groups is 2. The van der Waals surface area contributed by atoms with Crippen molar-refractivity contribution < 1.29 is 9.59 Å². The van der Waals surface area contributed by atoms with Crippen LogP contribution in [-0.2, 0) is 10.2 Å². The molecule has 2 amide bonds. The fourth-order valence-electron chi connectivity index (χ4n) is 1.49. The molecule has 7 heteroatoms. The van der Waals surface area contributed by atoms with Gasteiger partial charge in [-0.2, -0.15) is 0 Å². The highest BCUT2D eigenvalue weighted by Gasteiger charge is 2.18. The van der Waals surface area contributed by atoms with Gasteiger partial charge in [-0.05, 0) is 11.4 Å². The van der Waals surface area contributed by atoms with Crippen LogP contribution in [0.2, 0.25) is 0 Å². The molecule has 2 aromatic heterocycles. The van der Waals surface area contributed by atoms with Crippen molar-refractivity contribution >= 4 is 39.6 Å². The van der Waals surface area contributed by atoms with Gasteiger partial charge in [0.1, 0.15) is 0 Å². The third kappa shape index (κ3) is 4.37. The largest absolute Gasteiger partial charge is 0.342 e. The summed E-state index contributed by atoms with van der Waals surface area (Å²) in [4.78, 5) is 28.5. The number of thiazole rings is 1. The molecule has 0 atom stereocenters. The van der Waals surface area contributed by atoms with E-state index in [9.17, 15) is 9.59 Å². The number of nitrogens with one attached hydrogen (secondary N) is 2. The van der Waals surface area contributed by atoms with Crippen LogP contribution >= 0.6 is 22.7 Å². The smallest absolute Gasteiger partial charge is 0.261 e. The molecule has 2 N–H and O–H groups in total. The van der Waals surface area contributed by atoms with E-state index >= 15 is 0 Å². The summed E-state index contributed by atoms with van der Waals surface area (Å²) in [6.07, 6.45) is 0. The lowest BCUT2D eigenvalue weighted by Gasteiger charge is -2.14. The summed E-state index contributed by atoms with van der Waals surface area (Å²) < 4.78 is 0. The maximum absolute atomic E-state index is 11.8. The normalized spacial score (nSPS) is 11.2. The summed E-state index contributed by atoms with van der Waals surface area (Å²) in [7, 11) is 0. The second-order valence-electron chi connectivity index (χ2n) is 5.50. The fourth-order valence-corrected chi connectivity index (χ4v) is 3.09. The molecule has 21 heavy (non-hydrogen) atoms. The molecule has 2 rings (SSSR count). The number of amides is 2. The van der Waals surface area contributed by atoms with Gasteiger partial charge in [0.05, 0.1) is 17.1 Å². The van der Waals surface area contributed by atoms with Crippen LogP contribution in [0, 0.1) is 0 Å². The summed E-state index contributed by atoms with van der Waals surface area (Å²) in [5.41, 5.74) is 0.887. The second kappa shape index (κ2) is 6.36. The van der Waals surface area contributed by atoms with Crippen LogP contribution in [0.4, 0.5) is 5.13 Å². The van der Waals surface area contributed by atoms with Crippen LogP contribution in [0.5, 0.6) is 0 Å². The molecule has 0 fully saturated rings. The SMILES string of the molecule is CC(C)(C)c1csc(NC(=O)CNC(=O)c2cccs2)n1. The van der Waals surface area contributed by atoms with Crippen molar-refractivity contribution in [1.29, 1.82) is 0 Å². The zero-order chi connectivity index (χ0) is 15.5. The first-order valence-corrected chi connectivity index (χ1v) is 8.20. The van der Waals surface area contributed by atoms with Gasteiger partial charge >= 0.3 is 0 Å². The zero-order valence-electron chi connectivity index (χ0n) is 12.1. The Bertz CT molecular complexity index is 627. The van der Waals surface area contributed by atoms with Crippen LogP contribution in [0.1, 0.15) is 36.1 Å². The summed E-state index contributed by atoms with van der Waals surface area (Å²) >= 11 is 2.72. The monoisotopic (exact) mass is 323 g/mol. The van der Waals surface area contributed by atoms with E-state index < -0.39 is 0 Å². The van der Waals surface area contributed by atoms with Gasteiger partial charge < -0.3 is 10.6 Å². The highest BCUT2D eigenvalue weighted by molar-refractivity contribution is 7.14. The predicted molar refractivity (Wildman–Crippen MR) is 86.1 cm³/mol. The molecule has 0 aliphatic carbocycles. The summed E-state index contributed by atoms with van der Waals surface area (Å²) in [5, 5.41) is 9.57. The van der Waals surface area contributed by atoms with E-state index in [1.165, 1.54) is 22.7 Å². The average molecular weight is 323 g/mol. The van der Waals surface area contributed by atoms with Gasteiger partial charge in [0.2, 0.25) is 5.91 Å². The van der Waals surface area contributed by atoms with Gasteiger partial charge in [-0.3, -0.25) is 9.59 Å². The van der Waals surface area contributed by atoms with E-state index in [0.717, 1.165) is 5.69 Å². The van der Waals surface area contributed by atoms with Crippen molar-refractivity contribution in [2.75, 3.05) is 11.9 Å². The number of thiophene rings is 1. The molecular weight excluding hydrogens is 306 g/mol. The third-order valence-corrected chi connectivity index (χ3v) is 4.30. The molecule has 5 nitrogen and oxygen atoms in total. The Balaban J connectivity index is 1.85. The van der Waals surface area contributed by atoms with Crippen molar-refractivity contribution in [3.63, 3.8) is 0 Å². The average Bonchev–Trinajstić information content (AvgIpc) is 3.05. The fraction of sp³-hybridized carbons (Fsp3) is 0.357. The molecule has 112 valence electrons. The van der Waals surface area contributed by atoms with Crippen molar-refractivity contribution in [1.82, 2.24) is 10.3 Å². The topological polar surface area (TPSA) is 71.1 Å². The number of aromatic nitrogens is 1. The molecule has 2 aromatic rings. The number of nitrogens with zero attached hydrogens (tertiary/aromatic N) is 1. The maximum atomic E-state index is 11.8. The molecule has 0 spiro atoms. The predicted octanol–water partition coefficient (Wildman–Crippen LogP) is 2.87. The summed E-state index contributed by atoms with van der Waals surface area (Å²) in [6.45, 7) is 6.12. The molecule has 0 aliphatic rings. The van der Waals surface area contributed by atoms with Gasteiger partial charge in [0, 0.05) is 10.8 Å². The molecule has 0 aromatic carbocycles. The highest BCUT2D eigenvalue weighted by atomic mass is 32.1. The second-order valence-corrected chi connectivity index (χ2v) is 7.30. The minimum Gasteiger partial charge on any atom is -0.342 e. The van der Waals surface area contributed by atoms with E-state index in [2.05, 4.69) is 36.4 Å². The molecular formula is C14H17N3O2S2. The van der Waals surface area contributed by atoms with E-state index in [-0.39, 0.29) is 23.8 Å². The summed E-state index contributed by atoms with van der Waals surface area (Å²) in [6, 6.07) is 3.51. The number of anilines is 1. The quantitative estimate of drug-likeness (QED) is 0.909. The number of hydrogen-bond donors (Lipinski definition) is 2. The Morgan fingerprint density at radius 1 is 1.29 bits per heavy atom. The van der Waals surface area contributed by atoms with Crippen molar-refractivity contribution in [3.05, 3.63) is 33.5 Å². The van der Waals surface area contributed by atoms with E-state index in [0.29, 0.717) is 10.0 Å². The first-order chi connectivity index (χ1) is 9.86. The van der Waals surface area contributed by atoms with Crippen LogP contribution in [0.25, 0.3) is 0 Å². The minimum atomic E-state index is -0.283. The number of hydrogen-bond acceptors (Lipinski definition) is 5. The minimum absolute atomic E-state index is 0.0487. The molecule has 0 bridgehead atoms. The maximum Gasteiger partial charge on any atom is 0.261 e. The van der Waals surface area contributed by atoms with E-state index in [4.69, 9.17) is 0 Å². The van der Waals surface area contributed by atoms with Gasteiger partial charge in [-0.25, -0.2) is 4.98 Å². The van der Waals surface area contributed by atoms with Crippen molar-refractivity contribution in [2.24, 2.45) is 0 Å². The number of carbonyl (C=O) groups excluding carboxylic acids is 2. The standard InChI is InChI=1S/C14H17N3O2S2/c1-14(2,3)10-8-21-13(16-10)17-11(18)7-15-12(19)9-5-4-6-20-9/h4-6,8H,7H2,1-3H3,(H,15,19)(H,16,17,18). The molecule has 0 aliphatic heterocycles. The van der Waals surface area contributed by atoms with Crippen LogP contribution < -0.4 is 10.6 Å². The van der Waals surface area contributed by atoms with Gasteiger partial charge in [0.25, 0.3) is 5.91 Å². The Kier molecular flexibility index (Phi) is 4.74. The Morgan fingerprint density at radius 2 is 2.05 bits per heavy atom. The Hall–Kier alpha value is -1.73. The molecule has 0 saturated heterocycles. The third-order valence-electron chi connectivity index (χ3n) is 2.67.